The van der Waals surface area contributed by atoms with E-state index >= 15 is 0 Å². The normalized spacial score (nSPS) is 10.8. The number of fused-ring (bicyclic) bond motifs is 1. The second kappa shape index (κ2) is 6.64. The second-order valence-corrected chi connectivity index (χ2v) is 5.65. The summed E-state index contributed by atoms with van der Waals surface area (Å²) in [5.74, 6) is 0.947. The highest BCUT2D eigenvalue weighted by Crippen LogP contribution is 2.35. The van der Waals surface area contributed by atoms with Crippen LogP contribution in [0.4, 0.5) is 0 Å². The number of likely N-dealkylation sites (N-methyl/N-ethyl adjacent to an activating group) is 1. The third-order valence-electron chi connectivity index (χ3n) is 3.16. The molecule has 0 saturated heterocycles. The van der Waals surface area contributed by atoms with Crippen molar-refractivity contribution in [2.75, 3.05) is 27.7 Å². The number of rotatable bonds is 4. The Balaban J connectivity index is 0.00000180. The monoisotopic (exact) mass is 346 g/mol. The molecular weight excluding hydrogens is 328 g/mol. The lowest BCUT2D eigenvalue weighted by molar-refractivity contribution is 0.411. The summed E-state index contributed by atoms with van der Waals surface area (Å²) < 4.78 is 8.76. The Labute approximate surface area is 129 Å². The van der Waals surface area contributed by atoms with Gasteiger partial charge >= 0.3 is 0 Å². The maximum absolute atomic E-state index is 5.50. The molecule has 0 N–H and O–H groups in total. The third-order valence-corrected chi connectivity index (χ3v) is 3.80. The van der Waals surface area contributed by atoms with E-state index in [1.54, 1.807) is 7.11 Å². The number of aryl methyl sites for hydroxylation is 1. The number of nitrogens with zero attached hydrogens (tertiary/aromatic N) is 2. The predicted octanol–water partition coefficient (Wildman–Crippen LogP) is 3.48. The summed E-state index contributed by atoms with van der Waals surface area (Å²) >= 11 is 3.62. The predicted molar refractivity (Wildman–Crippen MR) is 86.7 cm³/mol. The van der Waals surface area contributed by atoms with Gasteiger partial charge in [0.2, 0.25) is 0 Å². The van der Waals surface area contributed by atoms with E-state index in [1.807, 2.05) is 12.1 Å². The van der Waals surface area contributed by atoms with Crippen LogP contribution in [0.1, 0.15) is 5.56 Å². The lowest BCUT2D eigenvalue weighted by Gasteiger charge is -2.10. The first kappa shape index (κ1) is 16.3. The second-order valence-electron chi connectivity index (χ2n) is 4.79. The van der Waals surface area contributed by atoms with Crippen molar-refractivity contribution in [3.05, 3.63) is 28.4 Å². The van der Waals surface area contributed by atoms with Crippen molar-refractivity contribution in [1.82, 2.24) is 9.47 Å². The number of aromatic nitrogens is 1. The van der Waals surface area contributed by atoms with Gasteiger partial charge in [0.15, 0.2) is 0 Å². The van der Waals surface area contributed by atoms with Crippen LogP contribution in [0.25, 0.3) is 10.9 Å². The van der Waals surface area contributed by atoms with Gasteiger partial charge in [0.25, 0.3) is 0 Å². The zero-order valence-corrected chi connectivity index (χ0v) is 14.1. The molecule has 0 aliphatic carbocycles. The van der Waals surface area contributed by atoms with Crippen molar-refractivity contribution in [3.63, 3.8) is 0 Å². The van der Waals surface area contributed by atoms with Gasteiger partial charge in [-0.3, -0.25) is 0 Å². The Morgan fingerprint density at radius 2 is 2.00 bits per heavy atom. The van der Waals surface area contributed by atoms with Crippen LogP contribution >= 0.6 is 28.3 Å². The summed E-state index contributed by atoms with van der Waals surface area (Å²) in [7, 11) is 7.99. The Bertz CT molecular complexity index is 566. The number of benzene rings is 1. The van der Waals surface area contributed by atoms with Gasteiger partial charge in [-0.2, -0.15) is 0 Å². The fourth-order valence-corrected chi connectivity index (χ4v) is 2.88. The van der Waals surface area contributed by atoms with E-state index in [2.05, 4.69) is 52.7 Å². The molecule has 0 atom stereocenters. The Morgan fingerprint density at radius 3 is 2.58 bits per heavy atom. The Kier molecular flexibility index (Phi) is 5.71. The first-order valence-electron chi connectivity index (χ1n) is 5.99. The molecular formula is C14H20BrClN2O. The Hall–Kier alpha value is -0.710. The zero-order chi connectivity index (χ0) is 13.3. The zero-order valence-electron chi connectivity index (χ0n) is 11.7. The van der Waals surface area contributed by atoms with Crippen LogP contribution in [0.3, 0.4) is 0 Å². The molecule has 1 aromatic carbocycles. The molecule has 0 amide bonds. The molecule has 2 aromatic rings. The lowest BCUT2D eigenvalue weighted by atomic mass is 10.1. The Morgan fingerprint density at radius 1 is 1.32 bits per heavy atom. The van der Waals surface area contributed by atoms with Crippen LogP contribution in [0.2, 0.25) is 0 Å². The molecule has 5 heteroatoms. The molecule has 0 fully saturated rings. The fourth-order valence-electron chi connectivity index (χ4n) is 2.27. The highest BCUT2D eigenvalue weighted by Gasteiger charge is 2.14. The minimum absolute atomic E-state index is 0. The van der Waals surface area contributed by atoms with E-state index < -0.39 is 0 Å². The minimum Gasteiger partial charge on any atom is -0.496 e. The van der Waals surface area contributed by atoms with Gasteiger partial charge in [-0.25, -0.2) is 0 Å². The van der Waals surface area contributed by atoms with Gasteiger partial charge in [-0.15, -0.1) is 12.4 Å². The molecule has 0 radical (unpaired) electrons. The van der Waals surface area contributed by atoms with E-state index in [1.165, 1.54) is 16.5 Å². The smallest absolute Gasteiger partial charge is 0.128 e. The maximum atomic E-state index is 5.50. The van der Waals surface area contributed by atoms with Crippen molar-refractivity contribution < 1.29 is 4.74 Å². The summed E-state index contributed by atoms with van der Waals surface area (Å²) in [5.41, 5.74) is 2.53. The summed E-state index contributed by atoms with van der Waals surface area (Å²) in [6.45, 7) is 1.04. The highest BCUT2D eigenvalue weighted by molar-refractivity contribution is 9.10. The van der Waals surface area contributed by atoms with E-state index in [0.717, 1.165) is 23.2 Å². The van der Waals surface area contributed by atoms with E-state index in [9.17, 15) is 0 Å². The molecule has 1 aromatic heterocycles. The van der Waals surface area contributed by atoms with Crippen molar-refractivity contribution in [2.45, 2.75) is 6.42 Å². The van der Waals surface area contributed by atoms with Gasteiger partial charge in [0.1, 0.15) is 5.75 Å². The minimum atomic E-state index is 0. The number of hydrogen-bond acceptors (Lipinski definition) is 2. The largest absolute Gasteiger partial charge is 0.496 e. The lowest BCUT2D eigenvalue weighted by Crippen LogP contribution is -2.14. The number of methoxy groups -OCH3 is 1. The highest BCUT2D eigenvalue weighted by atomic mass is 79.9. The van der Waals surface area contributed by atoms with E-state index in [-0.39, 0.29) is 12.4 Å². The molecule has 0 saturated carbocycles. The van der Waals surface area contributed by atoms with Crippen molar-refractivity contribution in [3.8, 4) is 5.75 Å². The molecule has 0 aliphatic rings. The first-order valence-corrected chi connectivity index (χ1v) is 6.79. The number of halogens is 2. The van der Waals surface area contributed by atoms with Gasteiger partial charge in [-0.1, -0.05) is 0 Å². The molecule has 106 valence electrons. The quantitative estimate of drug-likeness (QED) is 0.842. The van der Waals surface area contributed by atoms with Gasteiger partial charge in [0.05, 0.1) is 12.6 Å². The van der Waals surface area contributed by atoms with Crippen LogP contribution in [0.15, 0.2) is 22.8 Å². The first-order chi connectivity index (χ1) is 8.54. The molecule has 0 aliphatic heterocycles. The topological polar surface area (TPSA) is 17.4 Å². The van der Waals surface area contributed by atoms with Crippen molar-refractivity contribution in [2.24, 2.45) is 7.05 Å². The maximum Gasteiger partial charge on any atom is 0.128 e. The standard InChI is InChI=1S/C14H19BrN2O.ClH/c1-16(2)8-7-10-9-17(3)14-11(15)5-6-12(18-4)13(10)14;/h5-6,9H,7-8H2,1-4H3;1H. The third kappa shape index (κ3) is 3.25. The molecule has 0 unspecified atom stereocenters. The van der Waals surface area contributed by atoms with Crippen molar-refractivity contribution >= 4 is 39.2 Å². The number of hydrogen-bond donors (Lipinski definition) is 0. The van der Waals surface area contributed by atoms with Crippen LogP contribution in [0, 0.1) is 0 Å². The van der Waals surface area contributed by atoms with Crippen LogP contribution in [-0.4, -0.2) is 37.2 Å². The summed E-state index contributed by atoms with van der Waals surface area (Å²) in [4.78, 5) is 2.20. The summed E-state index contributed by atoms with van der Waals surface area (Å²) in [6.07, 6.45) is 3.22. The summed E-state index contributed by atoms with van der Waals surface area (Å²) in [6, 6.07) is 4.06. The van der Waals surface area contributed by atoms with Crippen LogP contribution < -0.4 is 4.74 Å². The average molecular weight is 348 g/mol. The van der Waals surface area contributed by atoms with Gasteiger partial charge in [-0.05, 0) is 54.1 Å². The van der Waals surface area contributed by atoms with Crippen LogP contribution in [-0.2, 0) is 13.5 Å². The number of ether oxygens (including phenoxy) is 1. The molecule has 0 bridgehead atoms. The fraction of sp³-hybridized carbons (Fsp3) is 0.429. The average Bonchev–Trinajstić information content (AvgIpc) is 2.66. The summed E-state index contributed by atoms with van der Waals surface area (Å²) in [5, 5.41) is 1.22. The molecule has 3 nitrogen and oxygen atoms in total. The molecule has 1 heterocycles. The molecule has 19 heavy (non-hydrogen) atoms. The molecule has 2 rings (SSSR count). The van der Waals surface area contributed by atoms with Crippen molar-refractivity contribution in [1.29, 1.82) is 0 Å². The van der Waals surface area contributed by atoms with E-state index in [0.29, 0.717) is 0 Å². The molecule has 0 spiro atoms. The van der Waals surface area contributed by atoms with Gasteiger partial charge in [0, 0.05) is 29.6 Å². The SMILES string of the molecule is COc1ccc(Br)c2c1c(CCN(C)C)cn2C.Cl. The van der Waals surface area contributed by atoms with E-state index in [4.69, 9.17) is 4.74 Å². The van der Waals surface area contributed by atoms with Gasteiger partial charge < -0.3 is 14.2 Å². The van der Waals surface area contributed by atoms with Crippen LogP contribution in [0.5, 0.6) is 5.75 Å².